The number of hydrogen-bond donors (Lipinski definition) is 11. The quantitative estimate of drug-likeness (QED) is 0.115. The summed E-state index contributed by atoms with van der Waals surface area (Å²) in [6, 6.07) is 5.04. The number of ether oxygens (including phenoxy) is 4. The molecule has 18 nitrogen and oxygen atoms in total. The summed E-state index contributed by atoms with van der Waals surface area (Å²) in [6.07, 6.45) is -18.8. The number of carboxylic acid groups (broad SMARTS) is 1. The van der Waals surface area contributed by atoms with Crippen molar-refractivity contribution in [2.45, 2.75) is 61.4 Å². The number of aliphatic hydroxyl groups excluding tert-OH is 7. The number of fused-ring (bicyclic) bond motifs is 1. The summed E-state index contributed by atoms with van der Waals surface area (Å²) in [5, 5.41) is 110. The minimum absolute atomic E-state index is 0.139. The van der Waals surface area contributed by atoms with Crippen molar-refractivity contribution < 1.29 is 84.3 Å². The van der Waals surface area contributed by atoms with Gasteiger partial charge in [-0.15, -0.1) is 0 Å². The summed E-state index contributed by atoms with van der Waals surface area (Å²) in [5.41, 5.74) is -1.71. The van der Waals surface area contributed by atoms with Crippen LogP contribution in [0.25, 0.3) is 22.3 Å². The molecule has 3 heterocycles. The van der Waals surface area contributed by atoms with Crippen LogP contribution in [0.4, 0.5) is 0 Å². The van der Waals surface area contributed by atoms with E-state index in [-0.39, 0.29) is 11.3 Å². The van der Waals surface area contributed by atoms with Crippen LogP contribution in [-0.4, -0.2) is 130 Å². The normalized spacial score (nSPS) is 31.9. The second kappa shape index (κ2) is 12.3. The zero-order valence-corrected chi connectivity index (χ0v) is 22.6. The first-order chi connectivity index (χ1) is 21.2. The van der Waals surface area contributed by atoms with Gasteiger partial charge in [0.15, 0.2) is 23.4 Å². The first-order valence-electron chi connectivity index (χ1n) is 13.2. The zero-order chi connectivity index (χ0) is 32.9. The molecule has 0 bridgehead atoms. The molecule has 244 valence electrons. The van der Waals surface area contributed by atoms with Gasteiger partial charge in [0.25, 0.3) is 0 Å². The summed E-state index contributed by atoms with van der Waals surface area (Å²) in [5.74, 6) is -5.46. The summed E-state index contributed by atoms with van der Waals surface area (Å²) in [6.45, 7) is -0.753. The van der Waals surface area contributed by atoms with Crippen LogP contribution in [0.1, 0.15) is 0 Å². The zero-order valence-electron chi connectivity index (χ0n) is 22.6. The topological polar surface area (TPSA) is 307 Å². The van der Waals surface area contributed by atoms with Crippen LogP contribution < -0.4 is 14.9 Å². The number of aliphatic carboxylic acids is 1. The molecule has 5 rings (SSSR count). The van der Waals surface area contributed by atoms with Gasteiger partial charge >= 0.3 is 5.97 Å². The van der Waals surface area contributed by atoms with Gasteiger partial charge in [-0.3, -0.25) is 4.79 Å². The van der Waals surface area contributed by atoms with E-state index in [1.165, 1.54) is 0 Å². The SMILES string of the molecule is O=C(O)[C@H]1O[C@H](Oc2c(-c3ccc(O)c(O)c3)oc3cc(O[C@H]4O[C@@H](CO)[C@H](O)[C@H](O)[C@@H]4O)cc(O)c3c2=O)[C@@H](O)[C@H](O)[C@H]1O. The van der Waals surface area contributed by atoms with Gasteiger partial charge in [-0.1, -0.05) is 0 Å². The number of phenols is 3. The smallest absolute Gasteiger partial charge is 0.335 e. The fraction of sp³-hybridized carbons (Fsp3) is 0.407. The number of carboxylic acids is 1. The maximum absolute atomic E-state index is 13.7. The third kappa shape index (κ3) is 5.81. The standard InChI is InChI=1S/C27H28O18/c28-6-13-15(32)17(34)20(37)26(43-13)41-8-4-11(31)14-12(5-8)42-22(7-1-2-9(29)10(30)3-7)23(16(14)33)44-27-21(38)18(35)19(36)24(45-27)25(39)40/h1-5,13,15,17-21,24,26-32,34-38H,6H2,(H,39,40)/t13-,15-,17-,18+,19+,20-,21-,24-,26-,27-/m0/s1. The van der Waals surface area contributed by atoms with Crippen LogP contribution in [0.5, 0.6) is 28.7 Å². The fourth-order valence-corrected chi connectivity index (χ4v) is 4.85. The third-order valence-corrected chi connectivity index (χ3v) is 7.29. The van der Waals surface area contributed by atoms with Gasteiger partial charge < -0.3 is 79.5 Å². The Morgan fingerprint density at radius 2 is 1.40 bits per heavy atom. The van der Waals surface area contributed by atoms with E-state index >= 15 is 0 Å². The Labute approximate surface area is 250 Å². The number of benzene rings is 2. The van der Waals surface area contributed by atoms with Gasteiger partial charge in [-0.25, -0.2) is 4.79 Å². The van der Waals surface area contributed by atoms with E-state index < -0.39 is 119 Å². The van der Waals surface area contributed by atoms with E-state index in [1.807, 2.05) is 0 Å². The Kier molecular flexibility index (Phi) is 8.77. The molecule has 0 saturated carbocycles. The fourth-order valence-electron chi connectivity index (χ4n) is 4.85. The van der Waals surface area contributed by atoms with E-state index in [0.29, 0.717) is 0 Å². The molecule has 0 radical (unpaired) electrons. The molecular formula is C27H28O18. The Bertz CT molecular complexity index is 1640. The Morgan fingerprint density at radius 1 is 0.756 bits per heavy atom. The van der Waals surface area contributed by atoms with Crippen molar-refractivity contribution in [1.82, 2.24) is 0 Å². The van der Waals surface area contributed by atoms with Crippen molar-refractivity contribution in [3.63, 3.8) is 0 Å². The molecule has 11 N–H and O–H groups in total. The molecule has 0 aliphatic carbocycles. The van der Waals surface area contributed by atoms with Crippen molar-refractivity contribution in [2.24, 2.45) is 0 Å². The average molecular weight is 641 g/mol. The monoisotopic (exact) mass is 640 g/mol. The molecule has 3 aromatic rings. The van der Waals surface area contributed by atoms with Gasteiger partial charge in [-0.2, -0.15) is 0 Å². The molecule has 2 aliphatic heterocycles. The lowest BCUT2D eigenvalue weighted by atomic mass is 9.99. The molecule has 10 atom stereocenters. The molecular weight excluding hydrogens is 612 g/mol. The molecule has 0 unspecified atom stereocenters. The summed E-state index contributed by atoms with van der Waals surface area (Å²) >= 11 is 0. The van der Waals surface area contributed by atoms with Gasteiger partial charge in [0, 0.05) is 17.7 Å². The highest BCUT2D eigenvalue weighted by Gasteiger charge is 2.49. The van der Waals surface area contributed by atoms with Crippen molar-refractivity contribution in [2.75, 3.05) is 6.61 Å². The van der Waals surface area contributed by atoms with Gasteiger partial charge in [0.05, 0.1) is 6.61 Å². The molecule has 1 aromatic heterocycles. The third-order valence-electron chi connectivity index (χ3n) is 7.29. The molecule has 0 amide bonds. The first-order valence-corrected chi connectivity index (χ1v) is 13.2. The van der Waals surface area contributed by atoms with E-state index in [9.17, 15) is 65.8 Å². The lowest BCUT2D eigenvalue weighted by molar-refractivity contribution is -0.277. The van der Waals surface area contributed by atoms with Gasteiger partial charge in [0.2, 0.25) is 23.8 Å². The Morgan fingerprint density at radius 3 is 2.02 bits per heavy atom. The molecule has 45 heavy (non-hydrogen) atoms. The second-order valence-corrected chi connectivity index (χ2v) is 10.3. The lowest BCUT2D eigenvalue weighted by Crippen LogP contribution is -2.61. The minimum Gasteiger partial charge on any atom is -0.507 e. The number of aromatic hydroxyl groups is 3. The molecule has 2 aliphatic rings. The predicted octanol–water partition coefficient (Wildman–Crippen LogP) is -2.97. The summed E-state index contributed by atoms with van der Waals surface area (Å²) in [4.78, 5) is 25.3. The van der Waals surface area contributed by atoms with Crippen LogP contribution in [0.3, 0.4) is 0 Å². The van der Waals surface area contributed by atoms with E-state index in [0.717, 1.165) is 30.3 Å². The van der Waals surface area contributed by atoms with Crippen LogP contribution in [0, 0.1) is 0 Å². The van der Waals surface area contributed by atoms with Crippen molar-refractivity contribution in [1.29, 1.82) is 0 Å². The number of aliphatic hydroxyl groups is 7. The number of carbonyl (C=O) groups is 1. The van der Waals surface area contributed by atoms with Crippen LogP contribution in [0.15, 0.2) is 39.5 Å². The Balaban J connectivity index is 1.61. The van der Waals surface area contributed by atoms with Crippen LogP contribution >= 0.6 is 0 Å². The molecule has 2 aromatic carbocycles. The molecule has 0 spiro atoms. The maximum atomic E-state index is 13.7. The number of phenolic OH excluding ortho intramolecular Hbond substituents is 3. The predicted molar refractivity (Wildman–Crippen MR) is 142 cm³/mol. The average Bonchev–Trinajstić information content (AvgIpc) is 2.99. The largest absolute Gasteiger partial charge is 0.507 e. The molecule has 2 saturated heterocycles. The summed E-state index contributed by atoms with van der Waals surface area (Å²) in [7, 11) is 0. The van der Waals surface area contributed by atoms with E-state index in [1.54, 1.807) is 0 Å². The molecule has 2 fully saturated rings. The first kappa shape index (κ1) is 32.2. The van der Waals surface area contributed by atoms with E-state index in [2.05, 4.69) is 0 Å². The van der Waals surface area contributed by atoms with Crippen LogP contribution in [-0.2, 0) is 14.3 Å². The van der Waals surface area contributed by atoms with Crippen molar-refractivity contribution >= 4 is 16.9 Å². The lowest BCUT2D eigenvalue weighted by Gasteiger charge is -2.39. The Hall–Kier alpha value is -4.24. The highest BCUT2D eigenvalue weighted by Crippen LogP contribution is 2.40. The molecule has 18 heteroatoms. The van der Waals surface area contributed by atoms with Crippen molar-refractivity contribution in [3.05, 3.63) is 40.6 Å². The maximum Gasteiger partial charge on any atom is 0.335 e. The highest BCUT2D eigenvalue weighted by molar-refractivity contribution is 5.88. The number of hydrogen-bond acceptors (Lipinski definition) is 17. The highest BCUT2D eigenvalue weighted by atomic mass is 16.7. The van der Waals surface area contributed by atoms with Crippen molar-refractivity contribution in [3.8, 4) is 40.1 Å². The minimum atomic E-state index is -2.10. The second-order valence-electron chi connectivity index (χ2n) is 10.3. The number of rotatable bonds is 7. The summed E-state index contributed by atoms with van der Waals surface area (Å²) < 4.78 is 27.2. The van der Waals surface area contributed by atoms with Gasteiger partial charge in [-0.05, 0) is 18.2 Å². The van der Waals surface area contributed by atoms with Gasteiger partial charge in [0.1, 0.15) is 65.2 Å². The van der Waals surface area contributed by atoms with Crippen LogP contribution in [0.2, 0.25) is 0 Å². The van der Waals surface area contributed by atoms with E-state index in [4.69, 9.17) is 23.4 Å².